The van der Waals surface area contributed by atoms with Gasteiger partial charge in [0.2, 0.25) is 5.91 Å². The van der Waals surface area contributed by atoms with Crippen molar-refractivity contribution in [2.75, 3.05) is 30.5 Å². The van der Waals surface area contributed by atoms with Gasteiger partial charge in [-0.3, -0.25) is 9.59 Å². The highest BCUT2D eigenvalue weighted by molar-refractivity contribution is 6.12. The standard InChI is InChI=1S/C38H42N2O5/c1-27-13-9-12-18-34(27)40(35(41)26-38(2,3)4)23-24-45-30-21-19-28(20-22-30)25-33(37(43)44-5)39-32-17-11-10-16-31(32)36(42)29-14-7-6-8-15-29/h6-22,33,39H,23-26H2,1-5H3/t33-/m0/s1. The summed E-state index contributed by atoms with van der Waals surface area (Å²) < 4.78 is 11.1. The number of ketones is 1. The van der Waals surface area contributed by atoms with E-state index < -0.39 is 12.0 Å². The van der Waals surface area contributed by atoms with Crippen molar-refractivity contribution in [2.24, 2.45) is 5.41 Å². The minimum atomic E-state index is -0.719. The molecule has 45 heavy (non-hydrogen) atoms. The number of carbonyl (C=O) groups excluding carboxylic acids is 3. The zero-order chi connectivity index (χ0) is 32.4. The molecule has 0 aliphatic heterocycles. The Morgan fingerprint density at radius 3 is 2.13 bits per heavy atom. The van der Waals surface area contributed by atoms with Crippen molar-refractivity contribution >= 4 is 29.0 Å². The van der Waals surface area contributed by atoms with Crippen molar-refractivity contribution in [1.29, 1.82) is 0 Å². The van der Waals surface area contributed by atoms with Crippen LogP contribution in [0, 0.1) is 12.3 Å². The molecule has 7 nitrogen and oxygen atoms in total. The van der Waals surface area contributed by atoms with Crippen molar-refractivity contribution in [3.8, 4) is 5.75 Å². The third-order valence-corrected chi connectivity index (χ3v) is 7.36. The first-order valence-corrected chi connectivity index (χ1v) is 15.2. The summed E-state index contributed by atoms with van der Waals surface area (Å²) in [4.78, 5) is 41.1. The van der Waals surface area contributed by atoms with E-state index in [0.717, 1.165) is 16.8 Å². The largest absolute Gasteiger partial charge is 0.492 e. The van der Waals surface area contributed by atoms with Gasteiger partial charge in [0, 0.05) is 35.3 Å². The number of aryl methyl sites for hydroxylation is 1. The second-order valence-corrected chi connectivity index (χ2v) is 12.2. The van der Waals surface area contributed by atoms with E-state index in [1.165, 1.54) is 7.11 Å². The molecule has 0 bridgehead atoms. The Hall–Kier alpha value is -4.91. The number of hydrogen-bond acceptors (Lipinski definition) is 6. The maximum Gasteiger partial charge on any atom is 0.328 e. The first-order chi connectivity index (χ1) is 21.6. The predicted octanol–water partition coefficient (Wildman–Crippen LogP) is 7.27. The molecule has 7 heteroatoms. The molecule has 4 aromatic rings. The van der Waals surface area contributed by atoms with E-state index in [1.54, 1.807) is 30.3 Å². The van der Waals surface area contributed by atoms with Crippen LogP contribution in [0.2, 0.25) is 0 Å². The highest BCUT2D eigenvalue weighted by atomic mass is 16.5. The van der Waals surface area contributed by atoms with Gasteiger partial charge in [-0.2, -0.15) is 0 Å². The lowest BCUT2D eigenvalue weighted by atomic mass is 9.91. The van der Waals surface area contributed by atoms with E-state index in [1.807, 2.05) is 84.6 Å². The average Bonchev–Trinajstić information content (AvgIpc) is 3.03. The molecule has 0 aromatic heterocycles. The van der Waals surface area contributed by atoms with Crippen LogP contribution in [0.4, 0.5) is 11.4 Å². The molecule has 0 spiro atoms. The number of anilines is 2. The number of ether oxygens (including phenoxy) is 2. The van der Waals surface area contributed by atoms with E-state index in [4.69, 9.17) is 9.47 Å². The van der Waals surface area contributed by atoms with Crippen LogP contribution in [-0.2, 0) is 20.7 Å². The van der Waals surface area contributed by atoms with Crippen molar-refractivity contribution in [3.05, 3.63) is 125 Å². The summed E-state index contributed by atoms with van der Waals surface area (Å²) in [6.45, 7) is 8.91. The van der Waals surface area contributed by atoms with Crippen LogP contribution in [0.15, 0.2) is 103 Å². The molecule has 4 aromatic carbocycles. The van der Waals surface area contributed by atoms with E-state index in [2.05, 4.69) is 26.1 Å². The minimum Gasteiger partial charge on any atom is -0.492 e. The van der Waals surface area contributed by atoms with E-state index in [-0.39, 0.29) is 17.1 Å². The average molecular weight is 607 g/mol. The second-order valence-electron chi connectivity index (χ2n) is 12.2. The Morgan fingerprint density at radius 2 is 1.47 bits per heavy atom. The monoisotopic (exact) mass is 606 g/mol. The fourth-order valence-electron chi connectivity index (χ4n) is 5.08. The highest BCUT2D eigenvalue weighted by Gasteiger charge is 2.24. The number of methoxy groups -OCH3 is 1. The summed E-state index contributed by atoms with van der Waals surface area (Å²) in [5, 5.41) is 3.24. The van der Waals surface area contributed by atoms with E-state index in [0.29, 0.717) is 48.6 Å². The Kier molecular flexibility index (Phi) is 11.1. The van der Waals surface area contributed by atoms with Gasteiger partial charge in [0.25, 0.3) is 0 Å². The molecular weight excluding hydrogens is 564 g/mol. The number of nitrogens with zero attached hydrogens (tertiary/aromatic N) is 1. The van der Waals surface area contributed by atoms with Gasteiger partial charge in [0.1, 0.15) is 18.4 Å². The van der Waals surface area contributed by atoms with Crippen molar-refractivity contribution in [3.63, 3.8) is 0 Å². The lowest BCUT2D eigenvalue weighted by Gasteiger charge is -2.28. The molecule has 1 amide bonds. The number of hydrogen-bond donors (Lipinski definition) is 1. The second kappa shape index (κ2) is 15.2. The van der Waals surface area contributed by atoms with Crippen LogP contribution in [0.5, 0.6) is 5.75 Å². The van der Waals surface area contributed by atoms with Crippen LogP contribution >= 0.6 is 0 Å². The molecule has 0 saturated heterocycles. The number of rotatable bonds is 13. The van der Waals surface area contributed by atoms with Crippen LogP contribution in [0.25, 0.3) is 0 Å². The van der Waals surface area contributed by atoms with E-state index in [9.17, 15) is 14.4 Å². The summed E-state index contributed by atoms with van der Waals surface area (Å²) in [6.07, 6.45) is 0.763. The number of amides is 1. The van der Waals surface area contributed by atoms with Crippen molar-refractivity contribution in [1.82, 2.24) is 0 Å². The molecule has 1 N–H and O–H groups in total. The van der Waals surface area contributed by atoms with Gasteiger partial charge in [0.15, 0.2) is 5.78 Å². The normalized spacial score (nSPS) is 11.8. The molecule has 0 unspecified atom stereocenters. The third kappa shape index (κ3) is 9.29. The van der Waals surface area contributed by atoms with E-state index >= 15 is 0 Å². The van der Waals surface area contributed by atoms with Gasteiger partial charge < -0.3 is 19.7 Å². The van der Waals surface area contributed by atoms with Gasteiger partial charge in [0.05, 0.1) is 13.7 Å². The molecule has 234 valence electrons. The molecular formula is C38H42N2O5. The molecule has 1 atom stereocenters. The van der Waals surface area contributed by atoms with Gasteiger partial charge in [-0.15, -0.1) is 0 Å². The summed E-state index contributed by atoms with van der Waals surface area (Å²) in [7, 11) is 1.35. The Balaban J connectivity index is 1.42. The maximum atomic E-state index is 13.3. The quantitative estimate of drug-likeness (QED) is 0.127. The summed E-state index contributed by atoms with van der Waals surface area (Å²) in [5.41, 5.74) is 4.27. The first-order valence-electron chi connectivity index (χ1n) is 15.2. The molecule has 4 rings (SSSR count). The molecule has 0 radical (unpaired) electrons. The first kappa shape index (κ1) is 33.0. The van der Waals surface area contributed by atoms with Crippen molar-refractivity contribution < 1.29 is 23.9 Å². The smallest absolute Gasteiger partial charge is 0.328 e. The van der Waals surface area contributed by atoms with Gasteiger partial charge in [-0.05, 0) is 53.8 Å². The van der Waals surface area contributed by atoms with Crippen LogP contribution in [-0.4, -0.2) is 44.0 Å². The Morgan fingerprint density at radius 1 is 0.822 bits per heavy atom. The predicted molar refractivity (Wildman–Crippen MR) is 179 cm³/mol. The Bertz CT molecular complexity index is 1590. The van der Waals surface area contributed by atoms with Gasteiger partial charge >= 0.3 is 5.97 Å². The van der Waals surface area contributed by atoms with Gasteiger partial charge in [-0.1, -0.05) is 93.6 Å². The Labute approximate surface area is 266 Å². The van der Waals surface area contributed by atoms with Crippen molar-refractivity contribution in [2.45, 2.75) is 46.6 Å². The number of esters is 1. The number of nitrogens with one attached hydrogen (secondary N) is 1. The fourth-order valence-corrected chi connectivity index (χ4v) is 5.08. The SMILES string of the molecule is COC(=O)[C@H](Cc1ccc(OCCN(C(=O)CC(C)(C)C)c2ccccc2C)cc1)Nc1ccccc1C(=O)c1ccccc1. The summed E-state index contributed by atoms with van der Waals surface area (Å²) in [5.74, 6) is 0.149. The summed E-state index contributed by atoms with van der Waals surface area (Å²) in [6, 6.07) is 30.9. The molecule has 0 fully saturated rings. The minimum absolute atomic E-state index is 0.0594. The molecule has 0 aliphatic rings. The summed E-state index contributed by atoms with van der Waals surface area (Å²) >= 11 is 0. The third-order valence-electron chi connectivity index (χ3n) is 7.36. The number of benzene rings is 4. The number of carbonyl (C=O) groups is 3. The van der Waals surface area contributed by atoms with Crippen LogP contribution in [0.3, 0.4) is 0 Å². The molecule has 0 heterocycles. The number of para-hydroxylation sites is 2. The fraction of sp³-hybridized carbons (Fsp3) is 0.289. The van der Waals surface area contributed by atoms with Crippen LogP contribution < -0.4 is 15.0 Å². The maximum absolute atomic E-state index is 13.3. The zero-order valence-corrected chi connectivity index (χ0v) is 26.7. The molecule has 0 aliphatic carbocycles. The highest BCUT2D eigenvalue weighted by Crippen LogP contribution is 2.26. The lowest BCUT2D eigenvalue weighted by molar-refractivity contribution is -0.141. The zero-order valence-electron chi connectivity index (χ0n) is 26.7. The van der Waals surface area contributed by atoms with Crippen LogP contribution in [0.1, 0.15) is 54.2 Å². The molecule has 0 saturated carbocycles. The lowest BCUT2D eigenvalue weighted by Crippen LogP contribution is -2.37. The van der Waals surface area contributed by atoms with Gasteiger partial charge in [-0.25, -0.2) is 4.79 Å². The topological polar surface area (TPSA) is 84.9 Å².